The van der Waals surface area contributed by atoms with E-state index >= 15 is 0 Å². The second-order valence-electron chi connectivity index (χ2n) is 4.19. The highest BCUT2D eigenvalue weighted by atomic mass is 32.2. The van der Waals surface area contributed by atoms with Gasteiger partial charge in [0.2, 0.25) is 15.8 Å². The normalized spacial score (nSPS) is 11.6. The van der Waals surface area contributed by atoms with Gasteiger partial charge in [0.1, 0.15) is 0 Å². The molecule has 1 aromatic rings. The van der Waals surface area contributed by atoms with Crippen LogP contribution < -0.4 is 0 Å². The van der Waals surface area contributed by atoms with Gasteiger partial charge < -0.3 is 5.11 Å². The maximum atomic E-state index is 13.5. The van der Waals surface area contributed by atoms with Crippen LogP contribution in [0.1, 0.15) is 12.8 Å². The number of hydrogen-bond donors (Lipinski definition) is 1. The van der Waals surface area contributed by atoms with Gasteiger partial charge in [-0.25, -0.2) is 12.7 Å². The van der Waals surface area contributed by atoms with Gasteiger partial charge >= 0.3 is 11.7 Å². The lowest BCUT2D eigenvalue weighted by Crippen LogP contribution is -2.28. The van der Waals surface area contributed by atoms with Crippen molar-refractivity contribution in [2.75, 3.05) is 13.6 Å². The number of benzene rings is 1. The number of carboxylic acids is 1. The molecular formula is C11H13FN2O6S. The Morgan fingerprint density at radius 3 is 2.57 bits per heavy atom. The van der Waals surface area contributed by atoms with Crippen LogP contribution in [0, 0.1) is 15.9 Å². The first-order valence-corrected chi connectivity index (χ1v) is 7.22. The molecule has 0 heterocycles. The van der Waals surface area contributed by atoms with Crippen LogP contribution in [-0.4, -0.2) is 42.3 Å². The number of aliphatic carboxylic acids is 1. The number of hydrogen-bond acceptors (Lipinski definition) is 5. The molecule has 0 spiro atoms. The Balaban J connectivity index is 2.94. The molecule has 116 valence electrons. The van der Waals surface area contributed by atoms with Crippen molar-refractivity contribution in [3.05, 3.63) is 34.1 Å². The number of nitro benzene ring substituents is 1. The molecule has 0 aromatic heterocycles. The summed E-state index contributed by atoms with van der Waals surface area (Å²) in [5.41, 5.74) is -0.817. The summed E-state index contributed by atoms with van der Waals surface area (Å²) in [6.45, 7) is -0.0623. The molecule has 0 aliphatic rings. The molecule has 0 radical (unpaired) electrons. The van der Waals surface area contributed by atoms with E-state index in [4.69, 9.17) is 5.11 Å². The quantitative estimate of drug-likeness (QED) is 0.596. The van der Waals surface area contributed by atoms with Crippen molar-refractivity contribution in [1.29, 1.82) is 0 Å². The van der Waals surface area contributed by atoms with Crippen LogP contribution >= 0.6 is 0 Å². The fourth-order valence-electron chi connectivity index (χ4n) is 1.55. The number of sulfonamides is 1. The van der Waals surface area contributed by atoms with E-state index < -0.39 is 37.3 Å². The van der Waals surface area contributed by atoms with E-state index in [1.165, 1.54) is 7.05 Å². The summed E-state index contributed by atoms with van der Waals surface area (Å²) in [6, 6.07) is 2.28. The van der Waals surface area contributed by atoms with Gasteiger partial charge in [-0.1, -0.05) is 0 Å². The van der Waals surface area contributed by atoms with E-state index in [9.17, 15) is 27.7 Å². The van der Waals surface area contributed by atoms with Crippen molar-refractivity contribution in [2.45, 2.75) is 17.7 Å². The molecule has 0 aliphatic carbocycles. The van der Waals surface area contributed by atoms with Crippen molar-refractivity contribution >= 4 is 21.7 Å². The maximum Gasteiger partial charge on any atom is 0.304 e. The summed E-state index contributed by atoms with van der Waals surface area (Å²) in [5.74, 6) is -2.30. The molecule has 0 saturated carbocycles. The average molecular weight is 320 g/mol. The van der Waals surface area contributed by atoms with Gasteiger partial charge in [-0.05, 0) is 12.5 Å². The largest absolute Gasteiger partial charge is 0.481 e. The first-order chi connectivity index (χ1) is 9.66. The van der Waals surface area contributed by atoms with Gasteiger partial charge in [-0.2, -0.15) is 4.39 Å². The number of carboxylic acid groups (broad SMARTS) is 1. The third kappa shape index (κ3) is 4.20. The van der Waals surface area contributed by atoms with Crippen LogP contribution in [0.4, 0.5) is 10.1 Å². The minimum absolute atomic E-state index is 0.0623. The zero-order valence-corrected chi connectivity index (χ0v) is 11.8. The Hall–Kier alpha value is -2.07. The van der Waals surface area contributed by atoms with E-state index in [0.29, 0.717) is 6.07 Å². The molecule has 1 N–H and O–H groups in total. The van der Waals surface area contributed by atoms with Crippen LogP contribution in [-0.2, 0) is 14.8 Å². The predicted molar refractivity (Wildman–Crippen MR) is 69.7 cm³/mol. The van der Waals surface area contributed by atoms with Crippen LogP contribution in [0.25, 0.3) is 0 Å². The second kappa shape index (κ2) is 6.59. The third-order valence-electron chi connectivity index (χ3n) is 2.69. The molecule has 0 bridgehead atoms. The number of carbonyl (C=O) groups is 1. The topological polar surface area (TPSA) is 118 Å². The molecule has 1 rings (SSSR count). The van der Waals surface area contributed by atoms with Gasteiger partial charge in [0.25, 0.3) is 0 Å². The summed E-state index contributed by atoms with van der Waals surface area (Å²) >= 11 is 0. The summed E-state index contributed by atoms with van der Waals surface area (Å²) in [7, 11) is -2.81. The zero-order valence-electron chi connectivity index (χ0n) is 11.0. The van der Waals surface area contributed by atoms with Gasteiger partial charge in [0, 0.05) is 32.1 Å². The number of nitrogens with zero attached hydrogens (tertiary/aromatic N) is 2. The molecular weight excluding hydrogens is 307 g/mol. The van der Waals surface area contributed by atoms with Crippen LogP contribution in [0.15, 0.2) is 23.1 Å². The fraction of sp³-hybridized carbons (Fsp3) is 0.364. The Morgan fingerprint density at radius 1 is 1.48 bits per heavy atom. The van der Waals surface area contributed by atoms with Crippen LogP contribution in [0.5, 0.6) is 0 Å². The van der Waals surface area contributed by atoms with Gasteiger partial charge in [-0.15, -0.1) is 0 Å². The van der Waals surface area contributed by atoms with Gasteiger partial charge in [0.15, 0.2) is 0 Å². The van der Waals surface area contributed by atoms with Crippen molar-refractivity contribution in [3.8, 4) is 0 Å². The maximum absolute atomic E-state index is 13.5. The van der Waals surface area contributed by atoms with E-state index in [-0.39, 0.29) is 19.4 Å². The Kier molecular flexibility index (Phi) is 5.33. The molecule has 8 nitrogen and oxygen atoms in total. The smallest absolute Gasteiger partial charge is 0.304 e. The lowest BCUT2D eigenvalue weighted by Gasteiger charge is -2.16. The highest BCUT2D eigenvalue weighted by Crippen LogP contribution is 2.22. The van der Waals surface area contributed by atoms with Crippen LogP contribution in [0.3, 0.4) is 0 Å². The highest BCUT2D eigenvalue weighted by molar-refractivity contribution is 7.89. The number of halogens is 1. The van der Waals surface area contributed by atoms with Gasteiger partial charge in [-0.3, -0.25) is 14.9 Å². The fourth-order valence-corrected chi connectivity index (χ4v) is 2.77. The molecule has 0 saturated heterocycles. The number of rotatable bonds is 7. The molecule has 0 aliphatic heterocycles. The average Bonchev–Trinajstić information content (AvgIpc) is 2.37. The highest BCUT2D eigenvalue weighted by Gasteiger charge is 2.24. The lowest BCUT2D eigenvalue weighted by molar-refractivity contribution is -0.387. The molecule has 0 atom stereocenters. The molecule has 21 heavy (non-hydrogen) atoms. The minimum Gasteiger partial charge on any atom is -0.481 e. The Morgan fingerprint density at radius 2 is 2.10 bits per heavy atom. The van der Waals surface area contributed by atoms with Crippen molar-refractivity contribution < 1.29 is 27.6 Å². The summed E-state index contributed by atoms with van der Waals surface area (Å²) in [4.78, 5) is 19.5. The second-order valence-corrected chi connectivity index (χ2v) is 6.24. The summed E-state index contributed by atoms with van der Waals surface area (Å²) in [6.07, 6.45) is -0.102. The first kappa shape index (κ1) is 17.0. The Labute approximate surface area is 120 Å². The third-order valence-corrected chi connectivity index (χ3v) is 4.54. The van der Waals surface area contributed by atoms with E-state index in [1.54, 1.807) is 0 Å². The van der Waals surface area contributed by atoms with E-state index in [2.05, 4.69) is 0 Å². The summed E-state index contributed by atoms with van der Waals surface area (Å²) in [5, 5.41) is 19.0. The molecule has 1 aromatic carbocycles. The monoisotopic (exact) mass is 320 g/mol. The molecule has 0 amide bonds. The van der Waals surface area contributed by atoms with E-state index in [0.717, 1.165) is 16.4 Å². The van der Waals surface area contributed by atoms with Crippen molar-refractivity contribution in [1.82, 2.24) is 4.31 Å². The number of nitro groups is 1. The minimum atomic E-state index is -4.02. The molecule has 0 unspecified atom stereocenters. The standard InChI is InChI=1S/C11H13FN2O6S/c1-13(6-2-3-11(15)16)21(19,20)8-4-5-10(14(17)18)9(12)7-8/h4-5,7H,2-3,6H2,1H3,(H,15,16). The van der Waals surface area contributed by atoms with E-state index in [1.807, 2.05) is 0 Å². The van der Waals surface area contributed by atoms with Gasteiger partial charge in [0.05, 0.1) is 9.82 Å². The molecule has 0 fully saturated rings. The SMILES string of the molecule is CN(CCCC(=O)O)S(=O)(=O)c1ccc([N+](=O)[O-])c(F)c1. The lowest BCUT2D eigenvalue weighted by atomic mass is 10.3. The predicted octanol–water partition coefficient (Wildman–Crippen LogP) is 1.22. The summed E-state index contributed by atoms with van der Waals surface area (Å²) < 4.78 is 38.5. The molecule has 10 heteroatoms. The van der Waals surface area contributed by atoms with Crippen molar-refractivity contribution in [3.63, 3.8) is 0 Å². The van der Waals surface area contributed by atoms with Crippen LogP contribution in [0.2, 0.25) is 0 Å². The van der Waals surface area contributed by atoms with Crippen molar-refractivity contribution in [2.24, 2.45) is 0 Å². The Bertz CT molecular complexity index is 661. The zero-order chi connectivity index (χ0) is 16.2. The first-order valence-electron chi connectivity index (χ1n) is 5.78.